The molecule has 0 amide bonds. The number of fused-ring (bicyclic) bond motifs is 12. The fourth-order valence-corrected chi connectivity index (χ4v) is 10.4. The average Bonchev–Trinajstić information content (AvgIpc) is 1.58. The Labute approximate surface area is 424 Å². The first-order chi connectivity index (χ1) is 41.4. The highest BCUT2D eigenvalue weighted by Crippen LogP contribution is 2.44. The molecule has 0 radical (unpaired) electrons. The zero-order chi connectivity index (χ0) is 59.8. The zero-order valence-electron chi connectivity index (χ0n) is 52.5. The summed E-state index contributed by atoms with van der Waals surface area (Å²) in [6, 6.07) is 36.9. The maximum atomic E-state index is 9.57. The molecule has 0 unspecified atom stereocenters. The van der Waals surface area contributed by atoms with Crippen molar-refractivity contribution in [1.82, 2.24) is 28.2 Å². The Bertz CT molecular complexity index is 5180. The van der Waals surface area contributed by atoms with E-state index >= 15 is 0 Å². The zero-order valence-corrected chi connectivity index (χ0v) is 36.5. The molecule has 0 bridgehead atoms. The first kappa shape index (κ1) is 26.1. The molecular formula is C64H40N6. The van der Waals surface area contributed by atoms with E-state index < -0.39 is 103 Å². The second-order valence-electron chi connectivity index (χ2n) is 17.0. The number of rotatable bonds is 6. The molecule has 0 atom stereocenters. The average molecular weight is 909 g/mol. The van der Waals surface area contributed by atoms with Gasteiger partial charge in [-0.25, -0.2) is 4.98 Å². The van der Waals surface area contributed by atoms with Gasteiger partial charge in [-0.2, -0.15) is 4.98 Å². The van der Waals surface area contributed by atoms with Gasteiger partial charge in [0.2, 0.25) is 5.95 Å². The molecule has 5 heterocycles. The number of hydrogen-bond donors (Lipinski definition) is 0. The molecule has 0 spiro atoms. The Morgan fingerprint density at radius 2 is 0.814 bits per heavy atom. The minimum Gasteiger partial charge on any atom is -0.309 e. The van der Waals surface area contributed by atoms with Crippen LogP contribution in [0.1, 0.15) is 21.9 Å². The molecule has 10 aromatic carbocycles. The minimum atomic E-state index is -0.699. The summed E-state index contributed by atoms with van der Waals surface area (Å²) in [5.74, 6) is -0.685. The summed E-state index contributed by atoms with van der Waals surface area (Å²) in [4.78, 5) is 10.5. The lowest BCUT2D eigenvalue weighted by Gasteiger charge is -2.20. The second kappa shape index (κ2) is 15.0. The summed E-state index contributed by atoms with van der Waals surface area (Å²) >= 11 is 0. The van der Waals surface area contributed by atoms with Crippen molar-refractivity contribution in [3.63, 3.8) is 0 Å². The quantitative estimate of drug-likeness (QED) is 0.167. The first-order valence-electron chi connectivity index (χ1n) is 30.5. The lowest BCUT2D eigenvalue weighted by atomic mass is 9.94. The van der Waals surface area contributed by atoms with Gasteiger partial charge < -0.3 is 9.13 Å². The number of hydrogen-bond acceptors (Lipinski definition) is 2. The molecule has 5 aromatic heterocycles. The Balaban J connectivity index is 1.17. The molecule has 0 saturated heterocycles. The van der Waals surface area contributed by atoms with Crippen molar-refractivity contribution in [2.24, 2.45) is 0 Å². The Hall–Kier alpha value is -9.52. The van der Waals surface area contributed by atoms with Crippen LogP contribution in [0.4, 0.5) is 0 Å². The molecule has 6 nitrogen and oxygen atoms in total. The van der Waals surface area contributed by atoms with Crippen molar-refractivity contribution in [3.05, 3.63) is 242 Å². The first-order valence-corrected chi connectivity index (χ1v) is 22.5. The maximum Gasteiger partial charge on any atom is 0.237 e. The Kier molecular flexibility index (Phi) is 5.60. The van der Waals surface area contributed by atoms with Crippen LogP contribution in [0, 0.1) is 0 Å². The maximum absolute atomic E-state index is 9.57. The Morgan fingerprint density at radius 3 is 1.40 bits per heavy atom. The highest BCUT2D eigenvalue weighted by atomic mass is 15.2. The van der Waals surface area contributed by atoms with Crippen molar-refractivity contribution < 1.29 is 21.9 Å². The van der Waals surface area contributed by atoms with E-state index in [2.05, 4.69) is 27.3 Å². The normalized spacial score (nSPS) is 15.2. The smallest absolute Gasteiger partial charge is 0.237 e. The van der Waals surface area contributed by atoms with Crippen LogP contribution in [-0.4, -0.2) is 28.2 Å². The van der Waals surface area contributed by atoms with E-state index in [-0.39, 0.29) is 55.1 Å². The topological polar surface area (TPSA) is 45.5 Å². The lowest BCUT2D eigenvalue weighted by Crippen LogP contribution is -2.09. The van der Waals surface area contributed by atoms with Crippen molar-refractivity contribution in [2.45, 2.75) is 0 Å². The van der Waals surface area contributed by atoms with E-state index in [1.807, 2.05) is 121 Å². The third-order valence-corrected chi connectivity index (χ3v) is 13.3. The molecule has 0 fully saturated rings. The van der Waals surface area contributed by atoms with E-state index in [1.165, 1.54) is 10.6 Å². The molecule has 70 heavy (non-hydrogen) atoms. The van der Waals surface area contributed by atoms with Gasteiger partial charge >= 0.3 is 0 Å². The monoisotopic (exact) mass is 908 g/mol. The third-order valence-electron chi connectivity index (χ3n) is 13.3. The van der Waals surface area contributed by atoms with Crippen LogP contribution in [0.2, 0.25) is 0 Å². The van der Waals surface area contributed by atoms with Crippen LogP contribution >= 0.6 is 0 Å². The van der Waals surface area contributed by atoms with E-state index in [9.17, 15) is 11.0 Å². The summed E-state index contributed by atoms with van der Waals surface area (Å²) in [5.41, 5.74) is 5.55. The van der Waals surface area contributed by atoms with Crippen LogP contribution in [0.15, 0.2) is 242 Å². The van der Waals surface area contributed by atoms with Gasteiger partial charge in [0.15, 0.2) is 0 Å². The summed E-state index contributed by atoms with van der Waals surface area (Å²) < 4.78 is 154. The van der Waals surface area contributed by atoms with E-state index in [0.717, 1.165) is 53.9 Å². The SMILES string of the molecule is [2H]c1c([2H])c([2H])c2c(c1[2H])c1c([2H])c([2H])c([2H])c([2H])c1n2-c1cc(-c2c(-c3ccc4c(c3)c3ccccc3n4-c3ccccc3)cccc2-n2c3ccccc3c3ccccc32)nc(-n2c3c([2H])c([2H])c([2H])c([2H])c3c3c([2H])c([2H])c([2H])c([2H])c32)n1. The van der Waals surface area contributed by atoms with Crippen LogP contribution in [0.25, 0.3) is 133 Å². The summed E-state index contributed by atoms with van der Waals surface area (Å²) in [6.45, 7) is 0. The fourth-order valence-electron chi connectivity index (χ4n) is 10.4. The molecule has 15 aromatic rings. The second-order valence-corrected chi connectivity index (χ2v) is 17.0. The molecule has 15 rings (SSSR count). The van der Waals surface area contributed by atoms with Crippen molar-refractivity contribution in [1.29, 1.82) is 0 Å². The minimum absolute atomic E-state index is 0.0672. The number of benzene rings is 10. The molecule has 326 valence electrons. The van der Waals surface area contributed by atoms with Crippen molar-refractivity contribution in [3.8, 4) is 45.5 Å². The van der Waals surface area contributed by atoms with Crippen molar-refractivity contribution in [2.75, 3.05) is 0 Å². The number of para-hydroxylation sites is 8. The van der Waals surface area contributed by atoms with Gasteiger partial charge in [0, 0.05) is 60.4 Å². The van der Waals surface area contributed by atoms with Gasteiger partial charge in [-0.05, 0) is 83.8 Å². The number of nitrogens with zero attached hydrogens (tertiary/aromatic N) is 6. The third kappa shape index (κ3) is 5.56. The standard InChI is InChI=1S/C64H40N6/c1-2-19-42(20-3-1)67-53-29-11-10-27-50(53)51-39-41(37-38-60(51)67)43-28-18-36-61(68-54-30-12-4-21-44(54)45-22-5-13-31-55(45)68)63(43)52-40-62(69-56-32-14-6-23-46(56)47-24-7-15-33-57(47)69)66-64(65-52)70-58-34-16-8-25-48(58)49-26-9-17-35-59(49)70/h1-40H/i6D,7D,8D,9D,14D,15D,16D,17D,23D,24D,25D,26D,32D,33D,34D,35D. The van der Waals surface area contributed by atoms with Gasteiger partial charge in [-0.3, -0.25) is 9.13 Å². The fraction of sp³-hybridized carbons (Fsp3) is 0. The van der Waals surface area contributed by atoms with Gasteiger partial charge in [0.25, 0.3) is 0 Å². The van der Waals surface area contributed by atoms with E-state index in [0.29, 0.717) is 22.4 Å². The summed E-state index contributed by atoms with van der Waals surface area (Å²) in [6.07, 6.45) is 0. The molecule has 0 saturated carbocycles. The molecule has 0 N–H and O–H groups in total. The predicted octanol–water partition coefficient (Wildman–Crippen LogP) is 16.2. The summed E-state index contributed by atoms with van der Waals surface area (Å²) in [5, 5.41) is 2.69. The molecule has 0 aliphatic carbocycles. The Morgan fingerprint density at radius 1 is 0.329 bits per heavy atom. The number of aromatic nitrogens is 6. The van der Waals surface area contributed by atoms with Gasteiger partial charge in [-0.1, -0.05) is 164 Å². The molecule has 6 heteroatoms. The van der Waals surface area contributed by atoms with Gasteiger partial charge in [0.1, 0.15) is 5.82 Å². The largest absolute Gasteiger partial charge is 0.309 e. The molecule has 0 aliphatic rings. The molecule has 0 aliphatic heterocycles. The van der Waals surface area contributed by atoms with E-state index in [4.69, 9.17) is 20.9 Å². The van der Waals surface area contributed by atoms with Crippen LogP contribution < -0.4 is 0 Å². The lowest BCUT2D eigenvalue weighted by molar-refractivity contribution is 0.951. The summed E-state index contributed by atoms with van der Waals surface area (Å²) in [7, 11) is 0. The van der Waals surface area contributed by atoms with E-state index in [1.54, 1.807) is 0 Å². The van der Waals surface area contributed by atoms with Crippen LogP contribution in [-0.2, 0) is 0 Å². The van der Waals surface area contributed by atoms with Crippen LogP contribution in [0.5, 0.6) is 0 Å². The van der Waals surface area contributed by atoms with Crippen molar-refractivity contribution >= 4 is 87.2 Å². The van der Waals surface area contributed by atoms with Gasteiger partial charge in [0.05, 0.1) is 77.4 Å². The predicted molar refractivity (Wildman–Crippen MR) is 290 cm³/mol. The highest BCUT2D eigenvalue weighted by molar-refractivity contribution is 6.14. The molecular weight excluding hydrogens is 853 g/mol. The highest BCUT2D eigenvalue weighted by Gasteiger charge is 2.25. The van der Waals surface area contributed by atoms with Crippen LogP contribution in [0.3, 0.4) is 0 Å². The van der Waals surface area contributed by atoms with Gasteiger partial charge in [-0.15, -0.1) is 0 Å².